The van der Waals surface area contributed by atoms with Crippen LogP contribution in [-0.2, 0) is 30.9 Å². The lowest BCUT2D eigenvalue weighted by atomic mass is 9.76. The number of methoxy groups -OCH3 is 2. The monoisotopic (exact) mass is 860 g/mol. The summed E-state index contributed by atoms with van der Waals surface area (Å²) in [5, 5.41) is 5.50. The van der Waals surface area contributed by atoms with Crippen molar-refractivity contribution in [2.24, 2.45) is 23.7 Å². The quantitative estimate of drug-likeness (QED) is 0.116. The molecule has 0 bridgehead atoms. The molecule has 336 valence electrons. The van der Waals surface area contributed by atoms with Gasteiger partial charge >= 0.3 is 12.2 Å². The number of benzene rings is 2. The van der Waals surface area contributed by atoms with E-state index in [0.29, 0.717) is 13.1 Å². The van der Waals surface area contributed by atoms with Gasteiger partial charge in [-0.1, -0.05) is 90.8 Å². The van der Waals surface area contributed by atoms with E-state index in [-0.39, 0.29) is 53.0 Å². The number of hydrogen-bond donors (Lipinski definition) is 4. The number of fused-ring (bicyclic) bond motifs is 2. The molecule has 1 spiro atoms. The Hall–Kier alpha value is -5.66. The number of imidazole rings is 2. The standard InChI is InChI=1S/C49H64N8O6/c1-27(2)41(54-47(60)62-7)45(58)56-25-29(5)21-38(56)43-50-23-36(52-43)32-13-11-31(12-14-32)33-15-16-34(35-17-20-49(40(33)35)18-9-10-19-49)37-24-51-44(53-37)39-22-30(6)26-57(39)46(59)42(28(3)4)55-48(61)63-8/h11-16,23-24,27-30,38-39,41-42H,9-10,17-22,25-26H2,1-8H3,(H,50,52)(H,51,53)(H,54,60)(H,55,61)/t29-,30-,38-,39-,41-,42-/m0/s1. The van der Waals surface area contributed by atoms with Gasteiger partial charge in [0.15, 0.2) is 0 Å². The normalized spacial score (nSPS) is 22.4. The number of ether oxygens (including phenoxy) is 2. The highest BCUT2D eigenvalue weighted by atomic mass is 16.5. The van der Waals surface area contributed by atoms with E-state index in [1.165, 1.54) is 67.7 Å². The number of alkyl carbamates (subject to hydrolysis) is 2. The zero-order chi connectivity index (χ0) is 44.7. The molecule has 4 heterocycles. The van der Waals surface area contributed by atoms with E-state index in [1.807, 2.05) is 49.9 Å². The number of hydrogen-bond acceptors (Lipinski definition) is 8. The zero-order valence-corrected chi connectivity index (χ0v) is 38.0. The van der Waals surface area contributed by atoms with Gasteiger partial charge < -0.3 is 39.9 Å². The van der Waals surface area contributed by atoms with Crippen LogP contribution in [0.3, 0.4) is 0 Å². The number of aromatic nitrogens is 4. The van der Waals surface area contributed by atoms with Gasteiger partial charge in [0.2, 0.25) is 11.8 Å². The van der Waals surface area contributed by atoms with Crippen LogP contribution in [0.15, 0.2) is 48.8 Å². The van der Waals surface area contributed by atoms with Crippen LogP contribution in [0.4, 0.5) is 9.59 Å². The second-order valence-corrected chi connectivity index (χ2v) is 19.4. The molecule has 2 aliphatic heterocycles. The molecule has 2 aromatic heterocycles. The number of nitrogens with one attached hydrogen (secondary N) is 4. The van der Waals surface area contributed by atoms with E-state index >= 15 is 0 Å². The van der Waals surface area contributed by atoms with Gasteiger partial charge in [-0.3, -0.25) is 9.59 Å². The van der Waals surface area contributed by atoms with Crippen LogP contribution in [0, 0.1) is 23.7 Å². The third kappa shape index (κ3) is 8.45. The van der Waals surface area contributed by atoms with Gasteiger partial charge in [0.25, 0.3) is 0 Å². The van der Waals surface area contributed by atoms with Gasteiger partial charge in [0, 0.05) is 18.7 Å². The minimum absolute atomic E-state index is 0.114. The minimum atomic E-state index is -0.700. The van der Waals surface area contributed by atoms with E-state index in [4.69, 9.17) is 19.4 Å². The summed E-state index contributed by atoms with van der Waals surface area (Å²) in [4.78, 5) is 72.8. The molecule has 2 saturated heterocycles. The first-order chi connectivity index (χ1) is 30.2. The highest BCUT2D eigenvalue weighted by Crippen LogP contribution is 2.55. The molecule has 4 amide bonds. The summed E-state index contributed by atoms with van der Waals surface area (Å²) in [5.41, 5.74) is 9.47. The fourth-order valence-corrected chi connectivity index (χ4v) is 11.0. The van der Waals surface area contributed by atoms with Crippen molar-refractivity contribution in [3.8, 4) is 33.6 Å². The van der Waals surface area contributed by atoms with Crippen LogP contribution < -0.4 is 10.6 Å². The van der Waals surface area contributed by atoms with Crippen LogP contribution in [0.1, 0.15) is 121 Å². The maximum atomic E-state index is 14.0. The molecular weight excluding hydrogens is 797 g/mol. The molecule has 3 fully saturated rings. The van der Waals surface area contributed by atoms with Crippen LogP contribution >= 0.6 is 0 Å². The Kier molecular flexibility index (Phi) is 12.5. The number of carbonyl (C=O) groups is 4. The number of likely N-dealkylation sites (tertiary alicyclic amines) is 2. The average Bonchev–Trinajstić information content (AvgIpc) is 4.14. The lowest BCUT2D eigenvalue weighted by Crippen LogP contribution is -2.51. The van der Waals surface area contributed by atoms with Gasteiger partial charge in [-0.2, -0.15) is 0 Å². The van der Waals surface area contributed by atoms with Crippen molar-refractivity contribution in [3.63, 3.8) is 0 Å². The Bertz CT molecular complexity index is 2330. The molecule has 2 aromatic carbocycles. The first-order valence-corrected chi connectivity index (χ1v) is 22.9. The van der Waals surface area contributed by atoms with Gasteiger partial charge in [-0.15, -0.1) is 0 Å². The summed E-state index contributed by atoms with van der Waals surface area (Å²) in [6.45, 7) is 13.2. The van der Waals surface area contributed by atoms with Gasteiger partial charge in [0.1, 0.15) is 23.7 Å². The van der Waals surface area contributed by atoms with E-state index < -0.39 is 24.3 Å². The molecule has 14 nitrogen and oxygen atoms in total. The van der Waals surface area contributed by atoms with E-state index in [1.54, 1.807) is 0 Å². The largest absolute Gasteiger partial charge is 0.453 e. The van der Waals surface area contributed by atoms with Crippen LogP contribution in [0.2, 0.25) is 0 Å². The molecule has 4 aromatic rings. The van der Waals surface area contributed by atoms with Crippen molar-refractivity contribution in [3.05, 3.63) is 71.6 Å². The van der Waals surface area contributed by atoms with Crippen LogP contribution in [0.5, 0.6) is 0 Å². The number of rotatable bonds is 11. The molecule has 4 N–H and O–H groups in total. The predicted molar refractivity (Wildman–Crippen MR) is 240 cm³/mol. The molecule has 2 aliphatic carbocycles. The lowest BCUT2D eigenvalue weighted by Gasteiger charge is -2.30. The Morgan fingerprint density at radius 2 is 1.16 bits per heavy atom. The third-order valence-electron chi connectivity index (χ3n) is 14.2. The molecule has 1 saturated carbocycles. The minimum Gasteiger partial charge on any atom is -0.453 e. The van der Waals surface area contributed by atoms with Gasteiger partial charge in [-0.05, 0) is 95.4 Å². The fourth-order valence-electron chi connectivity index (χ4n) is 11.0. The number of H-pyrrole nitrogens is 2. The number of aromatic amines is 2. The predicted octanol–water partition coefficient (Wildman–Crippen LogP) is 8.47. The molecule has 14 heteroatoms. The summed E-state index contributed by atoms with van der Waals surface area (Å²) in [6.07, 6.45) is 11.1. The number of carbonyl (C=O) groups excluding carboxylic acids is 4. The second kappa shape index (κ2) is 17.8. The van der Waals surface area contributed by atoms with Crippen LogP contribution in [0.25, 0.3) is 33.6 Å². The first-order valence-electron chi connectivity index (χ1n) is 22.9. The molecule has 6 atom stereocenters. The Morgan fingerprint density at radius 1 is 0.683 bits per heavy atom. The average molecular weight is 861 g/mol. The Balaban J connectivity index is 1.05. The van der Waals surface area contributed by atoms with Crippen molar-refractivity contribution < 1.29 is 28.7 Å². The maximum absolute atomic E-state index is 14.0. The lowest BCUT2D eigenvalue weighted by molar-refractivity contribution is -0.136. The molecule has 4 aliphatic rings. The van der Waals surface area contributed by atoms with Gasteiger partial charge in [-0.25, -0.2) is 19.6 Å². The topological polar surface area (TPSA) is 175 Å². The molecule has 0 unspecified atom stereocenters. The van der Waals surface area contributed by atoms with Crippen LogP contribution in [-0.4, -0.2) is 93.1 Å². The van der Waals surface area contributed by atoms with E-state index in [9.17, 15) is 19.2 Å². The maximum Gasteiger partial charge on any atom is 0.407 e. The zero-order valence-electron chi connectivity index (χ0n) is 38.0. The summed E-state index contributed by atoms with van der Waals surface area (Å²) in [7, 11) is 2.61. The summed E-state index contributed by atoms with van der Waals surface area (Å²) >= 11 is 0. The van der Waals surface area contributed by atoms with Gasteiger partial charge in [0.05, 0.1) is 50.1 Å². The van der Waals surface area contributed by atoms with Crippen molar-refractivity contribution in [2.45, 2.75) is 122 Å². The second-order valence-electron chi connectivity index (χ2n) is 19.4. The smallest absolute Gasteiger partial charge is 0.407 e. The number of amides is 4. The summed E-state index contributed by atoms with van der Waals surface area (Å²) < 4.78 is 9.67. The Morgan fingerprint density at radius 3 is 1.67 bits per heavy atom. The highest BCUT2D eigenvalue weighted by molar-refractivity contribution is 5.87. The third-order valence-corrected chi connectivity index (χ3v) is 14.2. The first kappa shape index (κ1) is 44.0. The number of nitrogens with zero attached hydrogens (tertiary/aromatic N) is 4. The molecule has 8 rings (SSSR count). The SMILES string of the molecule is COC(=O)N[C@H](C(=O)N1C[C@@H](C)C[C@H]1c1ncc(-c2ccc(-c3ccc(-c4cnc([C@@H]5C[C@H](C)CN5C(=O)[C@@H](NC(=O)OC)C(C)C)[nH]4)c4c3C3(CCCC3)CC4)cc2)[nH]1)C(C)C. The molecule has 0 radical (unpaired) electrons. The van der Waals surface area contributed by atoms with Crippen molar-refractivity contribution in [1.82, 2.24) is 40.4 Å². The fraction of sp³-hybridized carbons (Fsp3) is 0.551. The van der Waals surface area contributed by atoms with Crippen molar-refractivity contribution in [1.29, 1.82) is 0 Å². The van der Waals surface area contributed by atoms with E-state index in [2.05, 4.69) is 70.8 Å². The van der Waals surface area contributed by atoms with Crippen molar-refractivity contribution in [2.75, 3.05) is 27.3 Å². The highest BCUT2D eigenvalue weighted by Gasteiger charge is 2.45. The Labute approximate surface area is 370 Å². The summed E-state index contributed by atoms with van der Waals surface area (Å²) in [5.74, 6) is 1.59. The van der Waals surface area contributed by atoms with E-state index in [0.717, 1.165) is 54.3 Å². The molecular formula is C49H64N8O6. The summed E-state index contributed by atoms with van der Waals surface area (Å²) in [6, 6.07) is 11.4. The molecule has 63 heavy (non-hydrogen) atoms. The van der Waals surface area contributed by atoms with Crippen molar-refractivity contribution >= 4 is 24.0 Å².